The molecule has 34 heavy (non-hydrogen) atoms. The summed E-state index contributed by atoms with van der Waals surface area (Å²) in [5.74, 6) is 0.587. The van der Waals surface area contributed by atoms with E-state index in [0.29, 0.717) is 52.9 Å². The largest absolute Gasteiger partial charge is 0.370 e. The number of nitrogens with one attached hydrogen (secondary N) is 1. The van der Waals surface area contributed by atoms with Gasteiger partial charge in [-0.15, -0.1) is 0 Å². The van der Waals surface area contributed by atoms with E-state index in [1.807, 2.05) is 0 Å². The maximum atomic E-state index is 12.5. The molecule has 0 amide bonds. The third-order valence-corrected chi connectivity index (χ3v) is 8.74. The fraction of sp³-hybridized carbons (Fsp3) is 0.273. The Hall–Kier alpha value is -2.40. The molecule has 0 saturated carbocycles. The van der Waals surface area contributed by atoms with Gasteiger partial charge in [0.15, 0.2) is 19.7 Å². The zero-order valence-corrected chi connectivity index (χ0v) is 21.5. The number of nitrogens with two attached hydrogens (primary N) is 1. The predicted molar refractivity (Wildman–Crippen MR) is 136 cm³/mol. The van der Waals surface area contributed by atoms with Crippen molar-refractivity contribution in [3.05, 3.63) is 58.6 Å². The van der Waals surface area contributed by atoms with Crippen molar-refractivity contribution >= 4 is 54.6 Å². The highest BCUT2D eigenvalue weighted by molar-refractivity contribution is 7.91. The number of nitrogen functional groups attached to an aromatic ring is 1. The molecule has 0 radical (unpaired) electrons. The van der Waals surface area contributed by atoms with Crippen LogP contribution in [0.1, 0.15) is 19.3 Å². The zero-order chi connectivity index (χ0) is 24.9. The molecule has 0 atom stereocenters. The van der Waals surface area contributed by atoms with E-state index in [-0.39, 0.29) is 21.5 Å². The van der Waals surface area contributed by atoms with E-state index in [0.717, 1.165) is 6.26 Å². The molecule has 3 N–H and O–H groups in total. The Morgan fingerprint density at radius 1 is 0.912 bits per heavy atom. The first-order chi connectivity index (χ1) is 16.0. The van der Waals surface area contributed by atoms with E-state index >= 15 is 0 Å². The van der Waals surface area contributed by atoms with E-state index in [9.17, 15) is 16.8 Å². The van der Waals surface area contributed by atoms with Crippen LogP contribution in [0.4, 0.5) is 11.8 Å². The number of aromatic nitrogens is 2. The number of benzene rings is 2. The molecule has 2 aromatic carbocycles. The van der Waals surface area contributed by atoms with Crippen molar-refractivity contribution < 1.29 is 16.8 Å². The lowest BCUT2D eigenvalue weighted by molar-refractivity contribution is 0.589. The van der Waals surface area contributed by atoms with Gasteiger partial charge in [-0.2, -0.15) is 4.98 Å². The Balaban J connectivity index is 1.51. The summed E-state index contributed by atoms with van der Waals surface area (Å²) in [7, 11) is -6.86. The van der Waals surface area contributed by atoms with E-state index in [1.165, 1.54) is 24.3 Å². The quantitative estimate of drug-likeness (QED) is 0.358. The smallest absolute Gasteiger partial charge is 0.222 e. The van der Waals surface area contributed by atoms with Crippen molar-refractivity contribution in [2.24, 2.45) is 0 Å². The van der Waals surface area contributed by atoms with E-state index in [2.05, 4.69) is 15.3 Å². The minimum atomic E-state index is -3.49. The van der Waals surface area contributed by atoms with Gasteiger partial charge >= 0.3 is 0 Å². The number of anilines is 2. The highest BCUT2D eigenvalue weighted by Crippen LogP contribution is 2.33. The summed E-state index contributed by atoms with van der Waals surface area (Å²) in [6.07, 6.45) is 2.92. The summed E-state index contributed by atoms with van der Waals surface area (Å²) in [6, 6.07) is 12.2. The van der Waals surface area contributed by atoms with Gasteiger partial charge in [0.2, 0.25) is 5.95 Å². The van der Waals surface area contributed by atoms with Crippen LogP contribution in [-0.2, 0) is 19.7 Å². The van der Waals surface area contributed by atoms with Gasteiger partial charge in [-0.3, -0.25) is 0 Å². The third kappa shape index (κ3) is 6.82. The highest BCUT2D eigenvalue weighted by Gasteiger charge is 2.16. The van der Waals surface area contributed by atoms with Crippen molar-refractivity contribution in [3.63, 3.8) is 0 Å². The van der Waals surface area contributed by atoms with E-state index in [1.54, 1.807) is 24.3 Å². The van der Waals surface area contributed by atoms with Gasteiger partial charge in [0.05, 0.1) is 31.3 Å². The van der Waals surface area contributed by atoms with Crippen LogP contribution in [0.25, 0.3) is 11.3 Å². The van der Waals surface area contributed by atoms with Gasteiger partial charge in [-0.05, 0) is 43.2 Å². The van der Waals surface area contributed by atoms with Gasteiger partial charge in [0.1, 0.15) is 5.82 Å². The average molecular weight is 543 g/mol. The fourth-order valence-electron chi connectivity index (χ4n) is 3.22. The van der Waals surface area contributed by atoms with Crippen molar-refractivity contribution in [3.8, 4) is 11.3 Å². The molecule has 3 rings (SSSR count). The number of sulfone groups is 2. The number of rotatable bonds is 10. The molecular weight excluding hydrogens is 519 g/mol. The lowest BCUT2D eigenvalue weighted by Gasteiger charge is -2.10. The molecule has 0 bridgehead atoms. The number of unbranched alkanes of at least 4 members (excludes halogenated alkanes) is 2. The van der Waals surface area contributed by atoms with Gasteiger partial charge in [-0.1, -0.05) is 41.8 Å². The highest BCUT2D eigenvalue weighted by atomic mass is 35.5. The van der Waals surface area contributed by atoms with Crippen LogP contribution in [0.5, 0.6) is 0 Å². The lowest BCUT2D eigenvalue weighted by Crippen LogP contribution is -2.09. The number of hydrogen-bond acceptors (Lipinski definition) is 8. The number of hydrogen-bond donors (Lipinski definition) is 2. The second-order valence-corrected chi connectivity index (χ2v) is 12.6. The van der Waals surface area contributed by atoms with Gasteiger partial charge in [-0.25, -0.2) is 21.8 Å². The molecule has 0 aliphatic heterocycles. The summed E-state index contributed by atoms with van der Waals surface area (Å²) in [6.45, 7) is 0.558. The first-order valence-electron chi connectivity index (χ1n) is 10.3. The zero-order valence-electron chi connectivity index (χ0n) is 18.3. The molecule has 0 spiro atoms. The van der Waals surface area contributed by atoms with Crippen LogP contribution in [0.3, 0.4) is 0 Å². The molecule has 0 unspecified atom stereocenters. The van der Waals surface area contributed by atoms with E-state index < -0.39 is 19.7 Å². The molecule has 1 aromatic heterocycles. The van der Waals surface area contributed by atoms with Crippen molar-refractivity contribution in [2.75, 3.05) is 29.6 Å². The van der Waals surface area contributed by atoms with Gasteiger partial charge < -0.3 is 11.1 Å². The summed E-state index contributed by atoms with van der Waals surface area (Å²) in [5, 5.41) is 3.95. The standard InChI is InChI=1S/C22H24Cl2N4O4S2/c1-33(29,30)15-8-10-16(11-9-15)34(31,32)13-4-2-3-12-26-20-14-19(27-22(25)28-20)17-6-5-7-18(23)21(17)24/h5-11,14H,2-4,12-13H2,1H3,(H3,25,26,27,28). The summed E-state index contributed by atoms with van der Waals surface area (Å²) >= 11 is 12.4. The van der Waals surface area contributed by atoms with E-state index in [4.69, 9.17) is 28.9 Å². The topological polar surface area (TPSA) is 132 Å². The Morgan fingerprint density at radius 3 is 2.26 bits per heavy atom. The maximum Gasteiger partial charge on any atom is 0.222 e. The molecule has 0 saturated heterocycles. The molecule has 182 valence electrons. The predicted octanol–water partition coefficient (Wildman–Crippen LogP) is 4.49. The normalized spacial score (nSPS) is 12.0. The fourth-order valence-corrected chi connectivity index (χ4v) is 5.62. The summed E-state index contributed by atoms with van der Waals surface area (Å²) in [5.41, 5.74) is 7.01. The average Bonchev–Trinajstić information content (AvgIpc) is 2.77. The molecule has 1 heterocycles. The molecule has 0 aliphatic rings. The molecule has 3 aromatic rings. The number of halogens is 2. The third-order valence-electron chi connectivity index (χ3n) is 4.98. The summed E-state index contributed by atoms with van der Waals surface area (Å²) < 4.78 is 48.0. The van der Waals surface area contributed by atoms with Crippen LogP contribution in [0.2, 0.25) is 10.0 Å². The molecular formula is C22H24Cl2N4O4S2. The molecule has 0 fully saturated rings. The Kier molecular flexibility index (Phi) is 8.40. The molecule has 8 nitrogen and oxygen atoms in total. The number of nitrogens with zero attached hydrogens (tertiary/aromatic N) is 2. The van der Waals surface area contributed by atoms with Gasteiger partial charge in [0.25, 0.3) is 0 Å². The second-order valence-electron chi connectivity index (χ2n) is 7.65. The minimum absolute atomic E-state index is 0.0247. The first kappa shape index (κ1) is 26.2. The Morgan fingerprint density at radius 2 is 1.59 bits per heavy atom. The van der Waals surface area contributed by atoms with Crippen LogP contribution in [0, 0.1) is 0 Å². The van der Waals surface area contributed by atoms with Crippen molar-refractivity contribution in [2.45, 2.75) is 29.1 Å². The first-order valence-corrected chi connectivity index (χ1v) is 14.6. The monoisotopic (exact) mass is 542 g/mol. The van der Waals surface area contributed by atoms with Crippen LogP contribution in [0.15, 0.2) is 58.3 Å². The summed E-state index contributed by atoms with van der Waals surface area (Å²) in [4.78, 5) is 8.59. The van der Waals surface area contributed by atoms with Crippen molar-refractivity contribution in [1.29, 1.82) is 0 Å². The Labute approximate surface area is 209 Å². The second kappa shape index (κ2) is 10.9. The van der Waals surface area contributed by atoms with Crippen molar-refractivity contribution in [1.82, 2.24) is 9.97 Å². The van der Waals surface area contributed by atoms with Crippen LogP contribution in [-0.4, -0.2) is 45.4 Å². The Bertz CT molecular complexity index is 1380. The minimum Gasteiger partial charge on any atom is -0.370 e. The van der Waals surface area contributed by atoms with Crippen LogP contribution < -0.4 is 11.1 Å². The lowest BCUT2D eigenvalue weighted by atomic mass is 10.1. The SMILES string of the molecule is CS(=O)(=O)c1ccc(S(=O)(=O)CCCCCNc2cc(-c3cccc(Cl)c3Cl)nc(N)n2)cc1. The van der Waals surface area contributed by atoms with Gasteiger partial charge in [0, 0.05) is 24.4 Å². The maximum absolute atomic E-state index is 12.5. The van der Waals surface area contributed by atoms with Crippen LogP contribution >= 0.6 is 23.2 Å². The molecule has 12 heteroatoms. The molecule has 0 aliphatic carbocycles.